The van der Waals surface area contributed by atoms with Gasteiger partial charge in [-0.05, 0) is 49.7 Å². The zero-order valence-corrected chi connectivity index (χ0v) is 13.9. The summed E-state index contributed by atoms with van der Waals surface area (Å²) in [5.41, 5.74) is 1.63. The maximum atomic E-state index is 12.5. The Kier molecular flexibility index (Phi) is 5.43. The highest BCUT2D eigenvalue weighted by Crippen LogP contribution is 2.16. The van der Waals surface area contributed by atoms with E-state index in [-0.39, 0.29) is 11.9 Å². The molecule has 5 nitrogen and oxygen atoms in total. The number of amides is 1. The Morgan fingerprint density at radius 3 is 3.08 bits per heavy atom. The highest BCUT2D eigenvalue weighted by molar-refractivity contribution is 5.94. The molecule has 5 heteroatoms. The van der Waals surface area contributed by atoms with Gasteiger partial charge >= 0.3 is 0 Å². The normalized spacial score (nSPS) is 20.4. The lowest BCUT2D eigenvalue weighted by atomic mass is 9.95. The van der Waals surface area contributed by atoms with Crippen molar-refractivity contribution in [3.05, 3.63) is 59.9 Å². The van der Waals surface area contributed by atoms with Crippen LogP contribution in [-0.2, 0) is 6.61 Å². The molecule has 2 heterocycles. The Balaban J connectivity index is 1.60. The Morgan fingerprint density at radius 1 is 1.38 bits per heavy atom. The minimum atomic E-state index is -0.0411. The Labute approximate surface area is 142 Å². The smallest absolute Gasteiger partial charge is 0.251 e. The van der Waals surface area contributed by atoms with Crippen molar-refractivity contribution < 1.29 is 9.53 Å². The van der Waals surface area contributed by atoms with Crippen LogP contribution in [-0.4, -0.2) is 30.0 Å². The summed E-state index contributed by atoms with van der Waals surface area (Å²) in [5.74, 6) is 1.08. The van der Waals surface area contributed by atoms with Gasteiger partial charge in [-0.2, -0.15) is 0 Å². The lowest BCUT2D eigenvalue weighted by Crippen LogP contribution is -2.48. The van der Waals surface area contributed by atoms with Crippen molar-refractivity contribution in [2.45, 2.75) is 26.0 Å². The number of hydrogen-bond acceptors (Lipinski definition) is 4. The molecule has 2 atom stereocenters. The van der Waals surface area contributed by atoms with Gasteiger partial charge in [-0.3, -0.25) is 9.78 Å². The van der Waals surface area contributed by atoms with Crippen molar-refractivity contribution in [3.8, 4) is 5.75 Å². The van der Waals surface area contributed by atoms with Gasteiger partial charge in [0.1, 0.15) is 12.4 Å². The van der Waals surface area contributed by atoms with Crippen LogP contribution in [0.3, 0.4) is 0 Å². The first-order valence-electron chi connectivity index (χ1n) is 8.36. The van der Waals surface area contributed by atoms with Crippen LogP contribution < -0.4 is 15.4 Å². The molecule has 0 aliphatic carbocycles. The van der Waals surface area contributed by atoms with Gasteiger partial charge in [-0.1, -0.05) is 19.1 Å². The summed E-state index contributed by atoms with van der Waals surface area (Å²) in [6.45, 7) is 4.48. The Bertz CT molecular complexity index is 675. The fraction of sp³-hybridized carbons (Fsp3) is 0.368. The number of hydrogen-bond donors (Lipinski definition) is 2. The minimum absolute atomic E-state index is 0.0411. The minimum Gasteiger partial charge on any atom is -0.489 e. The second-order valence-corrected chi connectivity index (χ2v) is 6.23. The van der Waals surface area contributed by atoms with Crippen molar-refractivity contribution in [1.82, 2.24) is 15.6 Å². The molecule has 24 heavy (non-hydrogen) atoms. The molecule has 0 spiro atoms. The first-order chi connectivity index (χ1) is 11.7. The number of pyridine rings is 1. The number of carbonyl (C=O) groups is 1. The fourth-order valence-corrected chi connectivity index (χ4v) is 2.86. The first kappa shape index (κ1) is 16.5. The zero-order chi connectivity index (χ0) is 16.8. The van der Waals surface area contributed by atoms with Gasteiger partial charge < -0.3 is 15.4 Å². The third kappa shape index (κ3) is 4.32. The second-order valence-electron chi connectivity index (χ2n) is 6.23. The van der Waals surface area contributed by atoms with Crippen LogP contribution in [0.2, 0.25) is 0 Å². The van der Waals surface area contributed by atoms with Crippen LogP contribution in [0.1, 0.15) is 29.3 Å². The summed E-state index contributed by atoms with van der Waals surface area (Å²) < 4.78 is 5.76. The Morgan fingerprint density at radius 2 is 2.29 bits per heavy atom. The van der Waals surface area contributed by atoms with Crippen LogP contribution in [0.5, 0.6) is 5.75 Å². The number of aromatic nitrogens is 1. The van der Waals surface area contributed by atoms with E-state index in [0.717, 1.165) is 25.1 Å². The summed E-state index contributed by atoms with van der Waals surface area (Å²) in [7, 11) is 0. The molecular formula is C19H23N3O2. The molecule has 1 aromatic heterocycles. The Hall–Kier alpha value is -2.40. The van der Waals surface area contributed by atoms with Crippen molar-refractivity contribution in [3.63, 3.8) is 0 Å². The molecule has 1 aliphatic rings. The molecule has 1 amide bonds. The number of carbonyl (C=O) groups excluding carboxylic acids is 1. The van der Waals surface area contributed by atoms with E-state index in [9.17, 15) is 4.79 Å². The third-order valence-electron chi connectivity index (χ3n) is 4.33. The van der Waals surface area contributed by atoms with E-state index in [2.05, 4.69) is 22.5 Å². The number of rotatable bonds is 5. The molecule has 2 N–H and O–H groups in total. The molecule has 3 rings (SSSR count). The molecule has 1 aromatic carbocycles. The van der Waals surface area contributed by atoms with Crippen LogP contribution in [0, 0.1) is 5.92 Å². The first-order valence-corrected chi connectivity index (χ1v) is 8.36. The van der Waals surface area contributed by atoms with Crippen LogP contribution in [0.25, 0.3) is 0 Å². The van der Waals surface area contributed by atoms with Gasteiger partial charge in [-0.15, -0.1) is 0 Å². The average molecular weight is 325 g/mol. The van der Waals surface area contributed by atoms with E-state index in [1.54, 1.807) is 18.5 Å². The van der Waals surface area contributed by atoms with Crippen molar-refractivity contribution in [2.24, 2.45) is 5.92 Å². The summed E-state index contributed by atoms with van der Waals surface area (Å²) in [6, 6.07) is 11.4. The average Bonchev–Trinajstić information content (AvgIpc) is 2.63. The fourth-order valence-electron chi connectivity index (χ4n) is 2.86. The molecular weight excluding hydrogens is 302 g/mol. The lowest BCUT2D eigenvalue weighted by molar-refractivity contribution is 0.0913. The standard InChI is InChI=1S/C19H23N3O2/c1-14-11-21-9-7-18(14)22-19(23)16-5-2-6-17(10-16)24-13-15-4-3-8-20-12-15/h2-6,8,10,12,14,18,21H,7,9,11,13H2,1H3,(H,22,23). The van der Waals surface area contributed by atoms with Gasteiger partial charge in [-0.25, -0.2) is 0 Å². The molecule has 0 bridgehead atoms. The SMILES string of the molecule is CC1CNCCC1NC(=O)c1cccc(OCc2cccnc2)c1. The van der Waals surface area contributed by atoms with Gasteiger partial charge in [0.05, 0.1) is 0 Å². The predicted molar refractivity (Wildman–Crippen MR) is 92.9 cm³/mol. The molecule has 0 radical (unpaired) electrons. The van der Waals surface area contributed by atoms with Gasteiger partial charge in [0.2, 0.25) is 0 Å². The van der Waals surface area contributed by atoms with E-state index in [1.165, 1.54) is 0 Å². The third-order valence-corrected chi connectivity index (χ3v) is 4.33. The summed E-state index contributed by atoms with van der Waals surface area (Å²) in [4.78, 5) is 16.6. The largest absolute Gasteiger partial charge is 0.489 e. The van der Waals surface area contributed by atoms with Gasteiger partial charge in [0, 0.05) is 29.6 Å². The molecule has 1 fully saturated rings. The molecule has 126 valence electrons. The van der Waals surface area contributed by atoms with Gasteiger partial charge in [0.25, 0.3) is 5.91 Å². The maximum Gasteiger partial charge on any atom is 0.251 e. The second kappa shape index (κ2) is 7.93. The summed E-state index contributed by atoms with van der Waals surface area (Å²) >= 11 is 0. The van der Waals surface area contributed by atoms with E-state index in [4.69, 9.17) is 4.74 Å². The number of ether oxygens (including phenoxy) is 1. The summed E-state index contributed by atoms with van der Waals surface area (Å²) in [5, 5.41) is 6.48. The van der Waals surface area contributed by atoms with E-state index < -0.39 is 0 Å². The monoisotopic (exact) mass is 325 g/mol. The van der Waals surface area contributed by atoms with Crippen molar-refractivity contribution in [1.29, 1.82) is 0 Å². The van der Waals surface area contributed by atoms with E-state index >= 15 is 0 Å². The predicted octanol–water partition coefficient (Wildman–Crippen LogP) is 2.39. The number of nitrogens with one attached hydrogen (secondary N) is 2. The van der Waals surface area contributed by atoms with Gasteiger partial charge in [0.15, 0.2) is 0 Å². The molecule has 0 saturated carbocycles. The van der Waals surface area contributed by atoms with Crippen LogP contribution >= 0.6 is 0 Å². The molecule has 2 unspecified atom stereocenters. The highest BCUT2D eigenvalue weighted by Gasteiger charge is 2.23. The molecule has 1 saturated heterocycles. The van der Waals surface area contributed by atoms with E-state index in [0.29, 0.717) is 23.8 Å². The number of benzene rings is 1. The maximum absolute atomic E-state index is 12.5. The quantitative estimate of drug-likeness (QED) is 0.886. The number of nitrogens with zero attached hydrogens (tertiary/aromatic N) is 1. The topological polar surface area (TPSA) is 63.2 Å². The van der Waals surface area contributed by atoms with Crippen LogP contribution in [0.4, 0.5) is 0 Å². The molecule has 2 aromatic rings. The highest BCUT2D eigenvalue weighted by atomic mass is 16.5. The van der Waals surface area contributed by atoms with Crippen LogP contribution in [0.15, 0.2) is 48.8 Å². The van der Waals surface area contributed by atoms with Crippen molar-refractivity contribution in [2.75, 3.05) is 13.1 Å². The van der Waals surface area contributed by atoms with Crippen molar-refractivity contribution >= 4 is 5.91 Å². The molecule has 1 aliphatic heterocycles. The zero-order valence-electron chi connectivity index (χ0n) is 13.9. The van der Waals surface area contributed by atoms with E-state index in [1.807, 2.05) is 30.3 Å². The number of piperidine rings is 1. The summed E-state index contributed by atoms with van der Waals surface area (Å²) in [6.07, 6.45) is 4.47. The lowest BCUT2D eigenvalue weighted by Gasteiger charge is -2.30.